The molecule has 1 aromatic carbocycles. The molecular formula is C18H18F3N3O. The molecule has 4 nitrogen and oxygen atoms in total. The van der Waals surface area contributed by atoms with Crippen LogP contribution >= 0.6 is 0 Å². The van der Waals surface area contributed by atoms with E-state index in [4.69, 9.17) is 0 Å². The number of piperazine rings is 1. The Morgan fingerprint density at radius 2 is 1.68 bits per heavy atom. The quantitative estimate of drug-likeness (QED) is 0.855. The number of amides is 1. The Morgan fingerprint density at radius 1 is 1.00 bits per heavy atom. The second kappa shape index (κ2) is 7.13. The molecule has 0 atom stereocenters. The summed E-state index contributed by atoms with van der Waals surface area (Å²) in [5, 5.41) is 0. The predicted octanol–water partition coefficient (Wildman–Crippen LogP) is 2.99. The van der Waals surface area contributed by atoms with Gasteiger partial charge in [-0.1, -0.05) is 18.2 Å². The minimum Gasteiger partial charge on any atom is -0.353 e. The molecule has 1 aromatic heterocycles. The summed E-state index contributed by atoms with van der Waals surface area (Å²) in [4.78, 5) is 20.5. The van der Waals surface area contributed by atoms with Gasteiger partial charge in [0.15, 0.2) is 0 Å². The van der Waals surface area contributed by atoms with Crippen molar-refractivity contribution in [2.24, 2.45) is 0 Å². The molecule has 1 amide bonds. The fraction of sp³-hybridized carbons (Fsp3) is 0.333. The van der Waals surface area contributed by atoms with Gasteiger partial charge in [0.25, 0.3) is 0 Å². The largest absolute Gasteiger partial charge is 0.416 e. The van der Waals surface area contributed by atoms with Gasteiger partial charge in [0.05, 0.1) is 12.0 Å². The van der Waals surface area contributed by atoms with E-state index < -0.39 is 11.7 Å². The zero-order valence-electron chi connectivity index (χ0n) is 13.5. The highest BCUT2D eigenvalue weighted by molar-refractivity contribution is 5.79. The molecule has 0 saturated carbocycles. The van der Waals surface area contributed by atoms with Gasteiger partial charge >= 0.3 is 6.18 Å². The Bertz CT molecular complexity index is 709. The molecule has 1 fully saturated rings. The molecule has 3 rings (SSSR count). The average Bonchev–Trinajstić information content (AvgIpc) is 2.62. The molecule has 0 unspecified atom stereocenters. The van der Waals surface area contributed by atoms with Gasteiger partial charge in [0, 0.05) is 32.4 Å². The lowest BCUT2D eigenvalue weighted by Crippen LogP contribution is -2.49. The molecule has 0 bridgehead atoms. The molecule has 7 heteroatoms. The van der Waals surface area contributed by atoms with Gasteiger partial charge in [-0.3, -0.25) is 4.79 Å². The highest BCUT2D eigenvalue weighted by atomic mass is 19.4. The molecule has 0 spiro atoms. The number of carbonyl (C=O) groups excluding carboxylic acids is 1. The number of aromatic nitrogens is 1. The van der Waals surface area contributed by atoms with Crippen LogP contribution in [0.3, 0.4) is 0 Å². The number of benzene rings is 1. The lowest BCUT2D eigenvalue weighted by Gasteiger charge is -2.35. The van der Waals surface area contributed by atoms with Crippen LogP contribution in [0, 0.1) is 0 Å². The smallest absolute Gasteiger partial charge is 0.353 e. The second-order valence-electron chi connectivity index (χ2n) is 5.93. The SMILES string of the molecule is O=C(Cc1ccc(C(F)(F)F)cc1)N1CCN(c2ccccn2)CC1. The molecule has 1 aliphatic heterocycles. The van der Waals surface area contributed by atoms with Crippen molar-refractivity contribution in [1.29, 1.82) is 0 Å². The summed E-state index contributed by atoms with van der Waals surface area (Å²) in [5.74, 6) is 0.817. The van der Waals surface area contributed by atoms with Crippen LogP contribution in [-0.4, -0.2) is 42.0 Å². The van der Waals surface area contributed by atoms with Crippen molar-refractivity contribution in [3.05, 3.63) is 59.8 Å². The summed E-state index contributed by atoms with van der Waals surface area (Å²) in [5.41, 5.74) is -0.113. The number of alkyl halides is 3. The number of carbonyl (C=O) groups is 1. The van der Waals surface area contributed by atoms with E-state index in [-0.39, 0.29) is 12.3 Å². The van der Waals surface area contributed by atoms with E-state index in [1.165, 1.54) is 12.1 Å². The molecule has 1 saturated heterocycles. The first-order chi connectivity index (χ1) is 11.9. The molecule has 0 aliphatic carbocycles. The van der Waals surface area contributed by atoms with Gasteiger partial charge in [-0.05, 0) is 29.8 Å². The molecule has 132 valence electrons. The first kappa shape index (κ1) is 17.3. The Labute approximate surface area is 143 Å². The Morgan fingerprint density at radius 3 is 2.24 bits per heavy atom. The van der Waals surface area contributed by atoms with Crippen molar-refractivity contribution in [3.8, 4) is 0 Å². The number of hydrogen-bond acceptors (Lipinski definition) is 3. The van der Waals surface area contributed by atoms with Crippen LogP contribution in [0.2, 0.25) is 0 Å². The third kappa shape index (κ3) is 4.29. The molecule has 2 aromatic rings. The van der Waals surface area contributed by atoms with Crippen LogP contribution in [0.15, 0.2) is 48.7 Å². The second-order valence-corrected chi connectivity index (χ2v) is 5.93. The lowest BCUT2D eigenvalue weighted by atomic mass is 10.1. The maximum atomic E-state index is 12.6. The number of halogens is 3. The van der Waals surface area contributed by atoms with Crippen LogP contribution in [-0.2, 0) is 17.4 Å². The maximum Gasteiger partial charge on any atom is 0.416 e. The Balaban J connectivity index is 1.54. The minimum atomic E-state index is -4.36. The van der Waals surface area contributed by atoms with Crippen molar-refractivity contribution in [2.75, 3.05) is 31.1 Å². The molecular weight excluding hydrogens is 331 g/mol. The lowest BCUT2D eigenvalue weighted by molar-refractivity contribution is -0.137. The molecule has 0 N–H and O–H groups in total. The Hall–Kier alpha value is -2.57. The van der Waals surface area contributed by atoms with Gasteiger partial charge < -0.3 is 9.80 Å². The molecule has 0 radical (unpaired) electrons. The summed E-state index contributed by atoms with van der Waals surface area (Å²) in [6, 6.07) is 10.5. The van der Waals surface area contributed by atoms with E-state index in [9.17, 15) is 18.0 Å². The number of hydrogen-bond donors (Lipinski definition) is 0. The fourth-order valence-electron chi connectivity index (χ4n) is 2.82. The van der Waals surface area contributed by atoms with Crippen LogP contribution in [0.5, 0.6) is 0 Å². The first-order valence-electron chi connectivity index (χ1n) is 8.03. The summed E-state index contributed by atoms with van der Waals surface area (Å²) in [6.07, 6.45) is -2.51. The van der Waals surface area contributed by atoms with Crippen molar-refractivity contribution in [1.82, 2.24) is 9.88 Å². The highest BCUT2D eigenvalue weighted by Gasteiger charge is 2.30. The summed E-state index contributed by atoms with van der Waals surface area (Å²) < 4.78 is 37.7. The first-order valence-corrected chi connectivity index (χ1v) is 8.03. The monoisotopic (exact) mass is 349 g/mol. The average molecular weight is 349 g/mol. The van der Waals surface area contributed by atoms with Gasteiger partial charge in [-0.25, -0.2) is 4.98 Å². The molecule has 25 heavy (non-hydrogen) atoms. The van der Waals surface area contributed by atoms with Crippen molar-refractivity contribution < 1.29 is 18.0 Å². The number of anilines is 1. The number of nitrogens with zero attached hydrogens (tertiary/aromatic N) is 3. The van der Waals surface area contributed by atoms with Gasteiger partial charge in [0.1, 0.15) is 5.82 Å². The van der Waals surface area contributed by atoms with E-state index in [1.807, 2.05) is 18.2 Å². The normalized spacial score (nSPS) is 15.3. The standard InChI is InChI=1S/C18H18F3N3O/c19-18(20,21)15-6-4-14(5-7-15)13-17(25)24-11-9-23(10-12-24)16-3-1-2-8-22-16/h1-8H,9-13H2. The summed E-state index contributed by atoms with van der Waals surface area (Å²) >= 11 is 0. The molecule has 1 aliphatic rings. The van der Waals surface area contributed by atoms with Crippen LogP contribution in [0.1, 0.15) is 11.1 Å². The van der Waals surface area contributed by atoms with Crippen molar-refractivity contribution in [3.63, 3.8) is 0 Å². The van der Waals surface area contributed by atoms with Crippen LogP contribution < -0.4 is 4.90 Å². The maximum absolute atomic E-state index is 12.6. The third-order valence-corrected chi connectivity index (χ3v) is 4.24. The summed E-state index contributed by atoms with van der Waals surface area (Å²) in [7, 11) is 0. The minimum absolute atomic E-state index is 0.0690. The van der Waals surface area contributed by atoms with Crippen molar-refractivity contribution in [2.45, 2.75) is 12.6 Å². The summed E-state index contributed by atoms with van der Waals surface area (Å²) in [6.45, 7) is 2.54. The van der Waals surface area contributed by atoms with E-state index in [0.29, 0.717) is 31.7 Å². The van der Waals surface area contributed by atoms with E-state index in [1.54, 1.807) is 11.1 Å². The third-order valence-electron chi connectivity index (χ3n) is 4.24. The molecule has 2 heterocycles. The van der Waals surface area contributed by atoms with Crippen LogP contribution in [0.4, 0.5) is 19.0 Å². The van der Waals surface area contributed by atoms with E-state index >= 15 is 0 Å². The number of pyridine rings is 1. The van der Waals surface area contributed by atoms with Gasteiger partial charge in [-0.15, -0.1) is 0 Å². The predicted molar refractivity (Wildman–Crippen MR) is 88.2 cm³/mol. The topological polar surface area (TPSA) is 36.4 Å². The van der Waals surface area contributed by atoms with Gasteiger partial charge in [-0.2, -0.15) is 13.2 Å². The van der Waals surface area contributed by atoms with E-state index in [2.05, 4.69) is 9.88 Å². The van der Waals surface area contributed by atoms with Crippen molar-refractivity contribution >= 4 is 11.7 Å². The zero-order valence-corrected chi connectivity index (χ0v) is 13.5. The zero-order chi connectivity index (χ0) is 17.9. The fourth-order valence-corrected chi connectivity index (χ4v) is 2.82. The Kier molecular flexibility index (Phi) is 4.92. The van der Waals surface area contributed by atoms with Gasteiger partial charge in [0.2, 0.25) is 5.91 Å². The van der Waals surface area contributed by atoms with Crippen LogP contribution in [0.25, 0.3) is 0 Å². The van der Waals surface area contributed by atoms with E-state index in [0.717, 1.165) is 18.0 Å². The number of rotatable bonds is 3. The highest BCUT2D eigenvalue weighted by Crippen LogP contribution is 2.29.